The van der Waals surface area contributed by atoms with Crippen molar-refractivity contribution in [2.24, 2.45) is 5.92 Å². The summed E-state index contributed by atoms with van der Waals surface area (Å²) in [4.78, 5) is 2.59. The van der Waals surface area contributed by atoms with Crippen molar-refractivity contribution in [2.45, 2.75) is 46.2 Å². The van der Waals surface area contributed by atoms with E-state index in [1.807, 2.05) is 0 Å². The van der Waals surface area contributed by atoms with Crippen LogP contribution in [0.15, 0.2) is 0 Å². The van der Waals surface area contributed by atoms with E-state index in [1.54, 1.807) is 0 Å². The molecule has 1 heterocycles. The van der Waals surface area contributed by atoms with Gasteiger partial charge >= 0.3 is 0 Å². The van der Waals surface area contributed by atoms with Crippen molar-refractivity contribution in [3.05, 3.63) is 0 Å². The van der Waals surface area contributed by atoms with Gasteiger partial charge < -0.3 is 10.1 Å². The highest BCUT2D eigenvalue weighted by molar-refractivity contribution is 4.79. The van der Waals surface area contributed by atoms with E-state index in [4.69, 9.17) is 4.74 Å². The Morgan fingerprint density at radius 3 is 2.75 bits per heavy atom. The number of nitrogens with one attached hydrogen (secondary N) is 1. The van der Waals surface area contributed by atoms with Gasteiger partial charge in [-0.1, -0.05) is 34.1 Å². The second-order valence-corrected chi connectivity index (χ2v) is 5.30. The molecule has 0 saturated carbocycles. The smallest absolute Gasteiger partial charge is 0.0634 e. The molecule has 1 rings (SSSR count). The van der Waals surface area contributed by atoms with E-state index in [1.165, 1.54) is 13.0 Å². The minimum atomic E-state index is 0.560. The minimum Gasteiger partial charge on any atom is -0.378 e. The van der Waals surface area contributed by atoms with Crippen LogP contribution in [0.2, 0.25) is 0 Å². The molecule has 1 N–H and O–H groups in total. The standard InChI is InChI=1S/C13H28N2O/c1-5-12(4)9-15-6-7-16-10-13(15)8-14-11(2)3/h11-14H,5-10H2,1-4H3. The molecule has 3 nitrogen and oxygen atoms in total. The van der Waals surface area contributed by atoms with Gasteiger partial charge in [0.15, 0.2) is 0 Å². The highest BCUT2D eigenvalue weighted by Crippen LogP contribution is 2.11. The molecule has 3 heteroatoms. The minimum absolute atomic E-state index is 0.560. The van der Waals surface area contributed by atoms with Crippen LogP contribution in [-0.2, 0) is 4.74 Å². The summed E-state index contributed by atoms with van der Waals surface area (Å²) in [6.45, 7) is 14.1. The van der Waals surface area contributed by atoms with Crippen molar-refractivity contribution >= 4 is 0 Å². The predicted molar refractivity (Wildman–Crippen MR) is 68.8 cm³/mol. The van der Waals surface area contributed by atoms with Gasteiger partial charge in [0.05, 0.1) is 13.2 Å². The summed E-state index contributed by atoms with van der Waals surface area (Å²) >= 11 is 0. The normalized spacial score (nSPS) is 24.9. The van der Waals surface area contributed by atoms with E-state index in [9.17, 15) is 0 Å². The molecule has 96 valence electrons. The molecule has 2 atom stereocenters. The highest BCUT2D eigenvalue weighted by atomic mass is 16.5. The Hall–Kier alpha value is -0.120. The van der Waals surface area contributed by atoms with Crippen LogP contribution in [0, 0.1) is 5.92 Å². The molecule has 0 amide bonds. The average Bonchev–Trinajstić information content (AvgIpc) is 2.27. The largest absolute Gasteiger partial charge is 0.378 e. The van der Waals surface area contributed by atoms with Gasteiger partial charge in [0.1, 0.15) is 0 Å². The molecular formula is C13H28N2O. The van der Waals surface area contributed by atoms with E-state index >= 15 is 0 Å². The van der Waals surface area contributed by atoms with Crippen molar-refractivity contribution in [1.82, 2.24) is 10.2 Å². The third kappa shape index (κ3) is 4.81. The molecule has 2 unspecified atom stereocenters. The van der Waals surface area contributed by atoms with Crippen LogP contribution < -0.4 is 5.32 Å². The molecule has 0 aromatic heterocycles. The fourth-order valence-corrected chi connectivity index (χ4v) is 2.02. The second kappa shape index (κ2) is 7.25. The van der Waals surface area contributed by atoms with Crippen LogP contribution >= 0.6 is 0 Å². The first-order valence-electron chi connectivity index (χ1n) is 6.68. The lowest BCUT2D eigenvalue weighted by Crippen LogP contribution is -2.52. The molecule has 0 aromatic carbocycles. The lowest BCUT2D eigenvalue weighted by atomic mass is 10.1. The van der Waals surface area contributed by atoms with E-state index in [-0.39, 0.29) is 0 Å². The molecular weight excluding hydrogens is 200 g/mol. The zero-order chi connectivity index (χ0) is 12.0. The zero-order valence-corrected chi connectivity index (χ0v) is 11.3. The third-order valence-electron chi connectivity index (χ3n) is 3.35. The quantitative estimate of drug-likeness (QED) is 0.749. The van der Waals surface area contributed by atoms with Gasteiger partial charge in [-0.3, -0.25) is 4.90 Å². The number of morpholine rings is 1. The first-order valence-corrected chi connectivity index (χ1v) is 6.68. The Labute approximate surface area is 101 Å². The van der Waals surface area contributed by atoms with Gasteiger partial charge in [-0.15, -0.1) is 0 Å². The van der Waals surface area contributed by atoms with Crippen molar-refractivity contribution in [3.8, 4) is 0 Å². The fourth-order valence-electron chi connectivity index (χ4n) is 2.02. The molecule has 0 aliphatic carbocycles. The molecule has 1 fully saturated rings. The first kappa shape index (κ1) is 13.9. The van der Waals surface area contributed by atoms with Crippen LogP contribution in [0.5, 0.6) is 0 Å². The Kier molecular flexibility index (Phi) is 6.32. The number of ether oxygens (including phenoxy) is 1. The van der Waals surface area contributed by atoms with E-state index in [0.717, 1.165) is 32.2 Å². The molecule has 0 radical (unpaired) electrons. The summed E-state index contributed by atoms with van der Waals surface area (Å²) in [7, 11) is 0. The molecule has 1 aliphatic heterocycles. The monoisotopic (exact) mass is 228 g/mol. The van der Waals surface area contributed by atoms with Crippen molar-refractivity contribution in [2.75, 3.05) is 32.8 Å². The summed E-state index contributed by atoms with van der Waals surface area (Å²) in [6.07, 6.45) is 1.27. The Morgan fingerprint density at radius 1 is 1.38 bits per heavy atom. The maximum absolute atomic E-state index is 5.58. The lowest BCUT2D eigenvalue weighted by molar-refractivity contribution is -0.0133. The molecule has 0 aromatic rings. The number of nitrogens with zero attached hydrogens (tertiary/aromatic N) is 1. The van der Waals surface area contributed by atoms with Gasteiger partial charge in [-0.05, 0) is 5.92 Å². The highest BCUT2D eigenvalue weighted by Gasteiger charge is 2.23. The topological polar surface area (TPSA) is 24.5 Å². The predicted octanol–water partition coefficient (Wildman–Crippen LogP) is 1.73. The summed E-state index contributed by atoms with van der Waals surface area (Å²) in [6, 6.07) is 1.12. The Bertz CT molecular complexity index is 185. The average molecular weight is 228 g/mol. The molecule has 0 spiro atoms. The summed E-state index contributed by atoms with van der Waals surface area (Å²) in [5.74, 6) is 0.791. The van der Waals surface area contributed by atoms with Crippen molar-refractivity contribution in [3.63, 3.8) is 0 Å². The van der Waals surface area contributed by atoms with Gasteiger partial charge in [-0.2, -0.15) is 0 Å². The van der Waals surface area contributed by atoms with Crippen LogP contribution in [-0.4, -0.2) is 49.8 Å². The Morgan fingerprint density at radius 2 is 2.12 bits per heavy atom. The molecule has 1 saturated heterocycles. The number of hydrogen-bond acceptors (Lipinski definition) is 3. The molecule has 1 aliphatic rings. The van der Waals surface area contributed by atoms with Crippen molar-refractivity contribution < 1.29 is 4.74 Å². The maximum atomic E-state index is 5.58. The van der Waals surface area contributed by atoms with Crippen LogP contribution in [0.25, 0.3) is 0 Å². The van der Waals surface area contributed by atoms with Crippen LogP contribution in [0.3, 0.4) is 0 Å². The van der Waals surface area contributed by atoms with Crippen LogP contribution in [0.1, 0.15) is 34.1 Å². The third-order valence-corrected chi connectivity index (χ3v) is 3.35. The second-order valence-electron chi connectivity index (χ2n) is 5.30. The SMILES string of the molecule is CCC(C)CN1CCOCC1CNC(C)C. The fraction of sp³-hybridized carbons (Fsp3) is 1.00. The van der Waals surface area contributed by atoms with Gasteiger partial charge in [0, 0.05) is 31.7 Å². The summed E-state index contributed by atoms with van der Waals surface area (Å²) in [5.41, 5.74) is 0. The first-order chi connectivity index (χ1) is 7.63. The van der Waals surface area contributed by atoms with Crippen LogP contribution in [0.4, 0.5) is 0 Å². The van der Waals surface area contributed by atoms with E-state index < -0.39 is 0 Å². The Balaban J connectivity index is 2.37. The summed E-state index contributed by atoms with van der Waals surface area (Å²) in [5, 5.41) is 3.51. The zero-order valence-electron chi connectivity index (χ0n) is 11.3. The lowest BCUT2D eigenvalue weighted by Gasteiger charge is -2.37. The number of rotatable bonds is 6. The van der Waals surface area contributed by atoms with Gasteiger partial charge in [-0.25, -0.2) is 0 Å². The van der Waals surface area contributed by atoms with E-state index in [0.29, 0.717) is 12.1 Å². The van der Waals surface area contributed by atoms with Gasteiger partial charge in [0.2, 0.25) is 0 Å². The summed E-state index contributed by atoms with van der Waals surface area (Å²) < 4.78 is 5.58. The maximum Gasteiger partial charge on any atom is 0.0634 e. The number of hydrogen-bond donors (Lipinski definition) is 1. The van der Waals surface area contributed by atoms with Crippen molar-refractivity contribution in [1.29, 1.82) is 0 Å². The van der Waals surface area contributed by atoms with Gasteiger partial charge in [0.25, 0.3) is 0 Å². The molecule has 16 heavy (non-hydrogen) atoms. The molecule has 0 bridgehead atoms. The van der Waals surface area contributed by atoms with E-state index in [2.05, 4.69) is 37.9 Å².